The first kappa shape index (κ1) is 26.8. The fourth-order valence-corrected chi connectivity index (χ4v) is 4.84. The highest BCUT2D eigenvalue weighted by Crippen LogP contribution is 2.27. The molecule has 6 rings (SSSR count). The number of aromatic nitrogens is 4. The molecule has 1 aliphatic heterocycles. The van der Waals surface area contributed by atoms with Gasteiger partial charge in [0.2, 0.25) is 0 Å². The number of carboxylic acid groups (broad SMARTS) is 1. The quantitative estimate of drug-likeness (QED) is 0.227. The van der Waals surface area contributed by atoms with Gasteiger partial charge in [0.05, 0.1) is 34.9 Å². The predicted molar refractivity (Wildman–Crippen MR) is 147 cm³/mol. The summed E-state index contributed by atoms with van der Waals surface area (Å²) in [5.74, 6) is -1.34. The van der Waals surface area contributed by atoms with Crippen LogP contribution in [0.3, 0.4) is 0 Å². The number of rotatable bonds is 9. The number of ether oxygens (including phenoxy) is 2. The Bertz CT molecular complexity index is 1770. The largest absolute Gasteiger partial charge is 0.478 e. The van der Waals surface area contributed by atoms with Gasteiger partial charge in [-0.25, -0.2) is 23.5 Å². The second-order valence-corrected chi connectivity index (χ2v) is 10.1. The van der Waals surface area contributed by atoms with Crippen molar-refractivity contribution in [2.24, 2.45) is 0 Å². The number of fused-ring (bicyclic) bond motifs is 1. The van der Waals surface area contributed by atoms with E-state index in [1.54, 1.807) is 36.4 Å². The van der Waals surface area contributed by atoms with Gasteiger partial charge in [0.1, 0.15) is 24.1 Å². The molecule has 1 atom stereocenters. The number of imidazole rings is 1. The lowest BCUT2D eigenvalue weighted by atomic mass is 10.1. The fourth-order valence-electron chi connectivity index (χ4n) is 4.68. The summed E-state index contributed by atoms with van der Waals surface area (Å²) in [4.78, 5) is 24.6. The third-order valence-electron chi connectivity index (χ3n) is 6.93. The zero-order chi connectivity index (χ0) is 28.5. The van der Waals surface area contributed by atoms with Crippen LogP contribution in [-0.2, 0) is 24.3 Å². The third kappa shape index (κ3) is 5.75. The van der Waals surface area contributed by atoms with Gasteiger partial charge < -0.3 is 19.1 Å². The van der Waals surface area contributed by atoms with Gasteiger partial charge in [-0.05, 0) is 60.5 Å². The van der Waals surface area contributed by atoms with Crippen molar-refractivity contribution in [2.75, 3.05) is 6.61 Å². The summed E-state index contributed by atoms with van der Waals surface area (Å²) in [5.41, 5.74) is 3.05. The Labute approximate surface area is 238 Å². The zero-order valence-corrected chi connectivity index (χ0v) is 22.3. The molecule has 41 heavy (non-hydrogen) atoms. The van der Waals surface area contributed by atoms with E-state index in [0.29, 0.717) is 47.7 Å². The molecule has 5 aromatic rings. The minimum Gasteiger partial charge on any atom is -0.478 e. The lowest BCUT2D eigenvalue weighted by Gasteiger charge is -2.27. The molecule has 3 aromatic carbocycles. The monoisotopic (exact) mass is 576 g/mol. The van der Waals surface area contributed by atoms with Crippen LogP contribution >= 0.6 is 11.6 Å². The molecule has 1 saturated heterocycles. The summed E-state index contributed by atoms with van der Waals surface area (Å²) in [6.45, 7) is 1.10. The van der Waals surface area contributed by atoms with Crippen molar-refractivity contribution in [3.63, 3.8) is 0 Å². The van der Waals surface area contributed by atoms with Crippen LogP contribution in [0, 0.1) is 11.6 Å². The highest BCUT2D eigenvalue weighted by Gasteiger charge is 2.23. The van der Waals surface area contributed by atoms with Crippen LogP contribution < -0.4 is 4.74 Å². The number of benzene rings is 3. The Morgan fingerprint density at radius 3 is 2.66 bits per heavy atom. The van der Waals surface area contributed by atoms with Gasteiger partial charge in [-0.3, -0.25) is 0 Å². The van der Waals surface area contributed by atoms with Crippen molar-refractivity contribution in [3.8, 4) is 17.3 Å². The van der Waals surface area contributed by atoms with Gasteiger partial charge in [0, 0.05) is 35.4 Å². The number of nitrogens with zero attached hydrogens (tertiary/aromatic N) is 4. The van der Waals surface area contributed by atoms with Crippen molar-refractivity contribution in [3.05, 3.63) is 106 Å². The normalized spacial score (nSPS) is 14.7. The number of hydrogen-bond donors (Lipinski definition) is 1. The highest BCUT2D eigenvalue weighted by molar-refractivity contribution is 6.30. The maximum absolute atomic E-state index is 15.4. The van der Waals surface area contributed by atoms with Gasteiger partial charge in [-0.15, -0.1) is 0 Å². The van der Waals surface area contributed by atoms with E-state index in [1.165, 1.54) is 30.5 Å². The van der Waals surface area contributed by atoms with E-state index in [2.05, 4.69) is 9.97 Å². The summed E-state index contributed by atoms with van der Waals surface area (Å²) >= 11 is 5.79. The standard InChI is InChI=1S/C30H23ClF2N4O4/c31-20-4-2-19(23(32)14-20)16-41-30-34-9-7-25(36-30)22-5-1-17(11-24(22)33)12-28-35-26-6-3-18(29(38)39)13-27(26)37(28)15-21-8-10-40-21/h1-7,9,11,13-14,21H,8,10,12,15-16H2,(H,38,39). The lowest BCUT2D eigenvalue weighted by Crippen LogP contribution is -2.31. The molecular formula is C30H23ClF2N4O4. The van der Waals surface area contributed by atoms with Crippen LogP contribution in [0.5, 0.6) is 6.01 Å². The molecule has 1 fully saturated rings. The topological polar surface area (TPSA) is 99.4 Å². The molecule has 0 aliphatic carbocycles. The average molecular weight is 577 g/mol. The maximum Gasteiger partial charge on any atom is 0.335 e. The van der Waals surface area contributed by atoms with E-state index in [4.69, 9.17) is 26.1 Å². The van der Waals surface area contributed by atoms with Crippen molar-refractivity contribution >= 4 is 28.6 Å². The van der Waals surface area contributed by atoms with Gasteiger partial charge in [0.25, 0.3) is 0 Å². The second kappa shape index (κ2) is 11.2. The summed E-state index contributed by atoms with van der Waals surface area (Å²) in [5, 5.41) is 9.73. The van der Waals surface area contributed by atoms with E-state index >= 15 is 4.39 Å². The van der Waals surface area contributed by atoms with Gasteiger partial charge in [0.15, 0.2) is 0 Å². The molecule has 1 unspecified atom stereocenters. The molecule has 0 radical (unpaired) electrons. The Morgan fingerprint density at radius 2 is 1.93 bits per heavy atom. The van der Waals surface area contributed by atoms with Crippen LogP contribution in [0.15, 0.2) is 66.9 Å². The van der Waals surface area contributed by atoms with Crippen molar-refractivity contribution < 1.29 is 28.2 Å². The van der Waals surface area contributed by atoms with Crippen molar-refractivity contribution in [1.29, 1.82) is 0 Å². The van der Waals surface area contributed by atoms with Gasteiger partial charge in [-0.2, -0.15) is 4.98 Å². The smallest absolute Gasteiger partial charge is 0.335 e. The number of carboxylic acids is 1. The average Bonchev–Trinajstić information content (AvgIpc) is 3.26. The number of carbonyl (C=O) groups is 1. The van der Waals surface area contributed by atoms with Gasteiger partial charge in [-0.1, -0.05) is 23.7 Å². The molecule has 11 heteroatoms. The summed E-state index contributed by atoms with van der Waals surface area (Å²) in [6.07, 6.45) is 2.69. The van der Waals surface area contributed by atoms with Crippen LogP contribution in [0.25, 0.3) is 22.3 Å². The summed E-state index contributed by atoms with van der Waals surface area (Å²) in [7, 11) is 0. The highest BCUT2D eigenvalue weighted by atomic mass is 35.5. The molecule has 0 saturated carbocycles. The van der Waals surface area contributed by atoms with E-state index in [9.17, 15) is 14.3 Å². The molecule has 208 valence electrons. The van der Waals surface area contributed by atoms with E-state index in [0.717, 1.165) is 6.42 Å². The third-order valence-corrected chi connectivity index (χ3v) is 7.17. The van der Waals surface area contributed by atoms with Crippen LogP contribution in [0.2, 0.25) is 5.02 Å². The second-order valence-electron chi connectivity index (χ2n) is 9.67. The van der Waals surface area contributed by atoms with Gasteiger partial charge >= 0.3 is 12.0 Å². The van der Waals surface area contributed by atoms with Crippen LogP contribution in [0.4, 0.5) is 8.78 Å². The minimum absolute atomic E-state index is 0.0177. The SMILES string of the molecule is O=C(O)c1ccc2nc(Cc3ccc(-c4ccnc(OCc5ccc(Cl)cc5F)n4)c(F)c3)n(CC3CCO3)c2c1. The number of hydrogen-bond acceptors (Lipinski definition) is 6. The maximum atomic E-state index is 15.4. The van der Waals surface area contributed by atoms with Crippen molar-refractivity contribution in [2.45, 2.75) is 32.1 Å². The Kier molecular flexibility index (Phi) is 7.34. The number of halogens is 3. The Hall–Kier alpha value is -4.41. The van der Waals surface area contributed by atoms with Crippen LogP contribution in [0.1, 0.15) is 33.7 Å². The summed E-state index contributed by atoms with van der Waals surface area (Å²) < 4.78 is 42.5. The first-order valence-electron chi connectivity index (χ1n) is 12.9. The lowest BCUT2D eigenvalue weighted by molar-refractivity contribution is -0.0589. The number of aromatic carboxylic acids is 1. The van der Waals surface area contributed by atoms with E-state index in [1.807, 2.05) is 4.57 Å². The first-order chi connectivity index (χ1) is 19.8. The summed E-state index contributed by atoms with van der Waals surface area (Å²) in [6, 6.07) is 15.4. The fraction of sp³-hybridized carbons (Fsp3) is 0.200. The Morgan fingerprint density at radius 1 is 1.07 bits per heavy atom. The zero-order valence-electron chi connectivity index (χ0n) is 21.6. The minimum atomic E-state index is -1.02. The molecule has 3 heterocycles. The predicted octanol–water partition coefficient (Wildman–Crippen LogP) is 6.08. The molecular weight excluding hydrogens is 554 g/mol. The van der Waals surface area contributed by atoms with Crippen molar-refractivity contribution in [1.82, 2.24) is 19.5 Å². The first-order valence-corrected chi connectivity index (χ1v) is 13.2. The molecule has 0 amide bonds. The molecule has 0 spiro atoms. The molecule has 0 bridgehead atoms. The molecule has 8 nitrogen and oxygen atoms in total. The molecule has 1 aliphatic rings. The van der Waals surface area contributed by atoms with Crippen LogP contribution in [-0.4, -0.2) is 43.3 Å². The molecule has 2 aromatic heterocycles. The molecule has 1 N–H and O–H groups in total. The van der Waals surface area contributed by atoms with E-state index in [-0.39, 0.29) is 40.4 Å². The van der Waals surface area contributed by atoms with E-state index < -0.39 is 17.6 Å². The Balaban J connectivity index is 1.23.